The van der Waals surface area contributed by atoms with Gasteiger partial charge in [0.2, 0.25) is 0 Å². The molecule has 0 bridgehead atoms. The first-order valence-electron chi connectivity index (χ1n) is 4.09. The molecule has 0 fully saturated rings. The van der Waals surface area contributed by atoms with Crippen LogP contribution in [0.15, 0.2) is 29.5 Å². The van der Waals surface area contributed by atoms with Crippen molar-refractivity contribution in [2.45, 2.75) is 0 Å². The number of aldehydes is 1. The number of carbonyl (C=O) groups is 1. The van der Waals surface area contributed by atoms with Crippen molar-refractivity contribution >= 4 is 35.0 Å². The molecule has 14 heavy (non-hydrogen) atoms. The number of rotatable bonds is 3. The van der Waals surface area contributed by atoms with E-state index in [1.165, 1.54) is 0 Å². The Morgan fingerprint density at radius 1 is 1.07 bits per heavy atom. The van der Waals surface area contributed by atoms with E-state index >= 15 is 0 Å². The highest BCUT2D eigenvalue weighted by Crippen LogP contribution is 2.35. The quantitative estimate of drug-likeness (QED) is 0.716. The molecule has 3 heteroatoms. The van der Waals surface area contributed by atoms with Crippen molar-refractivity contribution in [3.63, 3.8) is 0 Å². The van der Waals surface area contributed by atoms with Gasteiger partial charge in [-0.05, 0) is 28.5 Å². The summed E-state index contributed by atoms with van der Waals surface area (Å²) in [5.74, 6) is 0. The molecule has 0 N–H and O–H groups in total. The number of thiophene rings is 2. The second kappa shape index (κ2) is 3.90. The van der Waals surface area contributed by atoms with Crippen LogP contribution in [0.4, 0.5) is 0 Å². The Morgan fingerprint density at radius 3 is 2.21 bits per heavy atom. The van der Waals surface area contributed by atoms with E-state index in [9.17, 15) is 4.79 Å². The average Bonchev–Trinajstić information content (AvgIpc) is 2.85. The van der Waals surface area contributed by atoms with Crippen LogP contribution < -0.4 is 0 Å². The van der Waals surface area contributed by atoms with Gasteiger partial charge in [-0.2, -0.15) is 0 Å². The largest absolute Gasteiger partial charge is 0.298 e. The van der Waals surface area contributed by atoms with Gasteiger partial charge in [0, 0.05) is 5.56 Å². The van der Waals surface area contributed by atoms with Crippen molar-refractivity contribution in [2.24, 2.45) is 0 Å². The fraction of sp³-hybridized carbons (Fsp3) is 0. The summed E-state index contributed by atoms with van der Waals surface area (Å²) >= 11 is 3.23. The molecule has 0 spiro atoms. The topological polar surface area (TPSA) is 17.1 Å². The first-order valence-corrected chi connectivity index (χ1v) is 5.85. The van der Waals surface area contributed by atoms with Crippen LogP contribution >= 0.6 is 22.7 Å². The van der Waals surface area contributed by atoms with Crippen molar-refractivity contribution in [2.75, 3.05) is 0 Å². The zero-order valence-electron chi connectivity index (χ0n) is 7.40. The maximum absolute atomic E-state index is 10.8. The summed E-state index contributed by atoms with van der Waals surface area (Å²) in [5.41, 5.74) is 1.86. The molecule has 0 aliphatic carbocycles. The number of hydrogen-bond donors (Lipinski definition) is 0. The van der Waals surface area contributed by atoms with Gasteiger partial charge in [0.25, 0.3) is 0 Å². The summed E-state index contributed by atoms with van der Waals surface area (Å²) in [7, 11) is 0. The van der Waals surface area contributed by atoms with Gasteiger partial charge in [0.05, 0.1) is 9.75 Å². The predicted octanol–water partition coefficient (Wildman–Crippen LogP) is 3.93. The fourth-order valence-electron chi connectivity index (χ4n) is 1.26. The minimum atomic E-state index is 0.764. The molecule has 0 unspecified atom stereocenters. The molecule has 2 aromatic rings. The van der Waals surface area contributed by atoms with Crippen molar-refractivity contribution in [1.29, 1.82) is 0 Å². The van der Waals surface area contributed by atoms with E-state index in [0.717, 1.165) is 27.2 Å². The van der Waals surface area contributed by atoms with E-state index in [4.69, 9.17) is 0 Å². The van der Waals surface area contributed by atoms with E-state index in [1.807, 2.05) is 29.0 Å². The summed E-state index contributed by atoms with van der Waals surface area (Å²) in [6.07, 6.45) is 2.72. The van der Waals surface area contributed by atoms with Crippen LogP contribution in [0.25, 0.3) is 15.8 Å². The highest BCUT2D eigenvalue weighted by atomic mass is 32.1. The molecule has 2 aromatic heterocycles. The maximum atomic E-state index is 10.8. The lowest BCUT2D eigenvalue weighted by Gasteiger charge is -1.96. The molecule has 0 aliphatic heterocycles. The van der Waals surface area contributed by atoms with Gasteiger partial charge in [-0.3, -0.25) is 4.79 Å². The molecular formula is C11H8OS2. The Morgan fingerprint density at radius 2 is 1.64 bits per heavy atom. The lowest BCUT2D eigenvalue weighted by atomic mass is 10.2. The Kier molecular flexibility index (Phi) is 2.61. The third-order valence-electron chi connectivity index (χ3n) is 1.94. The van der Waals surface area contributed by atoms with Crippen LogP contribution in [0.5, 0.6) is 0 Å². The molecule has 0 aliphatic rings. The second-order valence-corrected chi connectivity index (χ2v) is 4.56. The van der Waals surface area contributed by atoms with Gasteiger partial charge >= 0.3 is 0 Å². The minimum Gasteiger partial charge on any atom is -0.298 e. The minimum absolute atomic E-state index is 0.764. The molecule has 2 heterocycles. The molecule has 0 saturated heterocycles. The Balaban J connectivity index is 2.59. The first-order chi connectivity index (χ1) is 6.86. The van der Waals surface area contributed by atoms with E-state index in [1.54, 1.807) is 22.7 Å². The van der Waals surface area contributed by atoms with Crippen molar-refractivity contribution in [3.05, 3.63) is 40.6 Å². The van der Waals surface area contributed by atoms with Gasteiger partial charge < -0.3 is 0 Å². The van der Waals surface area contributed by atoms with Crippen molar-refractivity contribution in [1.82, 2.24) is 0 Å². The molecule has 0 radical (unpaired) electrons. The Bertz CT molecular complexity index is 421. The molecule has 0 saturated carbocycles. The zero-order chi connectivity index (χ0) is 9.97. The SMILES string of the molecule is C=Cc1ccsc1-c1sccc1C=O. The average molecular weight is 220 g/mol. The zero-order valence-corrected chi connectivity index (χ0v) is 9.03. The second-order valence-electron chi connectivity index (χ2n) is 2.73. The molecule has 0 atom stereocenters. The molecule has 1 nitrogen and oxygen atoms in total. The molecular weight excluding hydrogens is 212 g/mol. The molecule has 0 amide bonds. The predicted molar refractivity (Wildman–Crippen MR) is 63.1 cm³/mol. The lowest BCUT2D eigenvalue weighted by Crippen LogP contribution is -1.78. The van der Waals surface area contributed by atoms with Crippen LogP contribution in [0.3, 0.4) is 0 Å². The lowest BCUT2D eigenvalue weighted by molar-refractivity contribution is 0.112. The molecule has 0 aromatic carbocycles. The van der Waals surface area contributed by atoms with E-state index < -0.39 is 0 Å². The third kappa shape index (κ3) is 1.45. The summed E-state index contributed by atoms with van der Waals surface area (Å²) in [6.45, 7) is 3.75. The monoisotopic (exact) mass is 220 g/mol. The van der Waals surface area contributed by atoms with Gasteiger partial charge in [0.15, 0.2) is 6.29 Å². The Hall–Kier alpha value is -1.19. The van der Waals surface area contributed by atoms with Gasteiger partial charge in [0.1, 0.15) is 0 Å². The fourth-order valence-corrected chi connectivity index (χ4v) is 3.24. The summed E-state index contributed by atoms with van der Waals surface area (Å²) in [6, 6.07) is 3.86. The van der Waals surface area contributed by atoms with E-state index in [2.05, 4.69) is 6.58 Å². The van der Waals surface area contributed by atoms with Crippen LogP contribution in [0.2, 0.25) is 0 Å². The normalized spacial score (nSPS) is 10.0. The van der Waals surface area contributed by atoms with Crippen LogP contribution in [0.1, 0.15) is 15.9 Å². The van der Waals surface area contributed by atoms with Gasteiger partial charge in [-0.1, -0.05) is 12.7 Å². The Labute approximate surface area is 90.3 Å². The smallest absolute Gasteiger partial charge is 0.151 e. The number of carbonyl (C=O) groups excluding carboxylic acids is 1. The summed E-state index contributed by atoms with van der Waals surface area (Å²) in [4.78, 5) is 13.0. The van der Waals surface area contributed by atoms with Crippen molar-refractivity contribution in [3.8, 4) is 9.75 Å². The third-order valence-corrected chi connectivity index (χ3v) is 3.97. The summed E-state index contributed by atoms with van der Waals surface area (Å²) < 4.78 is 0. The standard InChI is InChI=1S/C11H8OS2/c1-2-8-3-5-13-10(8)11-9(7-12)4-6-14-11/h2-7H,1H2. The maximum Gasteiger partial charge on any atom is 0.151 e. The van der Waals surface area contributed by atoms with E-state index in [0.29, 0.717) is 0 Å². The van der Waals surface area contributed by atoms with E-state index in [-0.39, 0.29) is 0 Å². The first kappa shape index (κ1) is 9.37. The number of hydrogen-bond acceptors (Lipinski definition) is 3. The molecule has 70 valence electrons. The summed E-state index contributed by atoms with van der Waals surface area (Å²) in [5, 5.41) is 3.95. The van der Waals surface area contributed by atoms with Crippen LogP contribution in [0, 0.1) is 0 Å². The van der Waals surface area contributed by atoms with Crippen molar-refractivity contribution < 1.29 is 4.79 Å². The van der Waals surface area contributed by atoms with Gasteiger partial charge in [-0.15, -0.1) is 22.7 Å². The van der Waals surface area contributed by atoms with Crippen LogP contribution in [-0.2, 0) is 0 Å². The molecule has 2 rings (SSSR count). The van der Waals surface area contributed by atoms with Crippen LogP contribution in [-0.4, -0.2) is 6.29 Å². The highest BCUT2D eigenvalue weighted by molar-refractivity contribution is 7.20. The highest BCUT2D eigenvalue weighted by Gasteiger charge is 2.10. The van der Waals surface area contributed by atoms with Gasteiger partial charge in [-0.25, -0.2) is 0 Å².